The molecule has 0 fully saturated rings. The molecule has 3 heterocycles. The Hall–Kier alpha value is -5.91. The van der Waals surface area contributed by atoms with Gasteiger partial charge in [0, 0.05) is 35.6 Å². The molecule has 0 saturated heterocycles. The van der Waals surface area contributed by atoms with Gasteiger partial charge in [0.25, 0.3) is 0 Å². The summed E-state index contributed by atoms with van der Waals surface area (Å²) in [6, 6.07) is 13.9. The Balaban J connectivity index is 0.00000148. The highest BCUT2D eigenvalue weighted by atomic mass is 19.4. The number of aromatic nitrogens is 4. The number of hydrogen-bond donors (Lipinski definition) is 1. The lowest BCUT2D eigenvalue weighted by molar-refractivity contribution is -0.688. The number of carboxylic acid groups (broad SMARTS) is 1. The first kappa shape index (κ1) is 32.0. The topological polar surface area (TPSA) is 157 Å². The second kappa shape index (κ2) is 13.2. The Morgan fingerprint density at radius 2 is 1.87 bits per heavy atom. The molecule has 15 heteroatoms. The number of pyridine rings is 1. The van der Waals surface area contributed by atoms with Crippen molar-refractivity contribution in [1.29, 1.82) is 5.26 Å². The lowest BCUT2D eigenvalue weighted by Gasteiger charge is -2.36. The van der Waals surface area contributed by atoms with Crippen molar-refractivity contribution >= 4 is 24.1 Å². The Morgan fingerprint density at radius 1 is 1.18 bits per heavy atom. The van der Waals surface area contributed by atoms with Crippen molar-refractivity contribution < 1.29 is 41.9 Å². The summed E-state index contributed by atoms with van der Waals surface area (Å²) in [4.78, 5) is 36.2. The predicted molar refractivity (Wildman–Crippen MR) is 149 cm³/mol. The fraction of sp³-hybridized carbons (Fsp3) is 0.200. The zero-order valence-corrected chi connectivity index (χ0v) is 24.0. The molecule has 0 radical (unpaired) electrons. The van der Waals surface area contributed by atoms with Gasteiger partial charge in [-0.1, -0.05) is 12.1 Å². The number of allylic oxidation sites excluding steroid dienone is 1. The highest BCUT2D eigenvalue weighted by Gasteiger charge is 2.41. The first-order chi connectivity index (χ1) is 21.5. The van der Waals surface area contributed by atoms with E-state index in [4.69, 9.17) is 19.4 Å². The molecular formula is C30H25F3N6O6. The molecule has 2 aromatic heterocycles. The van der Waals surface area contributed by atoms with Crippen molar-refractivity contribution in [1.82, 2.24) is 14.8 Å². The standard InChI is InChI=1S/C29H23F3N6O4.CH2O2/c1-17-24(26(39)42-3)25(23-8-7-18(15-33)13-19(23)16-36-11-9-22(41-2)10-12-36)38-27(34-35-28(38)40)37(17)21-6-4-5-20(14-21)29(30,31)32;2-1-3/h4-14,25H,16H2,1-3H3;1H,(H,2,3)/t25-;/m1./s1. The van der Waals surface area contributed by atoms with Crippen molar-refractivity contribution in [2.24, 2.45) is 0 Å². The second-order valence-corrected chi connectivity index (χ2v) is 9.51. The fourth-order valence-electron chi connectivity index (χ4n) is 5.04. The summed E-state index contributed by atoms with van der Waals surface area (Å²) >= 11 is 0. The molecule has 1 aliphatic rings. The summed E-state index contributed by atoms with van der Waals surface area (Å²) in [6.07, 6.45) is -1.08. The molecule has 45 heavy (non-hydrogen) atoms. The molecule has 0 saturated carbocycles. The Labute approximate surface area is 253 Å². The maximum Gasteiger partial charge on any atom is 0.416 e. The average Bonchev–Trinajstić information content (AvgIpc) is 3.41. The monoisotopic (exact) mass is 622 g/mol. The van der Waals surface area contributed by atoms with E-state index in [9.17, 15) is 28.0 Å². The molecule has 4 aromatic rings. The SMILES string of the molecule is COC(=O)C1=C(C)N(c2cccc(C(F)(F)F)c2)c2n[nH]c(=O)n2[C@@H]1c1ccc(C#N)cc1C[n+]1ccc(OC)cc1.O=C[O-]. The molecule has 1 aliphatic heterocycles. The van der Waals surface area contributed by atoms with Crippen molar-refractivity contribution in [3.63, 3.8) is 0 Å². The number of fused-ring (bicyclic) bond motifs is 1. The summed E-state index contributed by atoms with van der Waals surface area (Å²) in [5, 5.41) is 24.4. The predicted octanol–water partition coefficient (Wildman–Crippen LogP) is 2.36. The number of H-pyrrole nitrogens is 1. The van der Waals surface area contributed by atoms with E-state index >= 15 is 0 Å². The van der Waals surface area contributed by atoms with Gasteiger partial charge in [-0.25, -0.2) is 23.8 Å². The smallest absolute Gasteiger partial charge is 0.416 e. The van der Waals surface area contributed by atoms with Crippen LogP contribution in [0.1, 0.15) is 35.2 Å². The normalized spacial score (nSPS) is 14.1. The van der Waals surface area contributed by atoms with Crippen molar-refractivity contribution in [2.45, 2.75) is 25.7 Å². The number of anilines is 2. The summed E-state index contributed by atoms with van der Waals surface area (Å²) in [6.45, 7) is 1.29. The van der Waals surface area contributed by atoms with Gasteiger partial charge in [-0.3, -0.25) is 4.90 Å². The van der Waals surface area contributed by atoms with Crippen molar-refractivity contribution in [3.05, 3.63) is 111 Å². The minimum atomic E-state index is -4.63. The number of halogens is 3. The van der Waals surface area contributed by atoms with Gasteiger partial charge in [0.05, 0.1) is 37.0 Å². The lowest BCUT2D eigenvalue weighted by Crippen LogP contribution is -2.39. The quantitative estimate of drug-likeness (QED) is 0.194. The number of nitriles is 1. The molecule has 5 rings (SSSR count). The van der Waals surface area contributed by atoms with E-state index in [1.54, 1.807) is 56.8 Å². The number of nitrogens with one attached hydrogen (secondary N) is 1. The zero-order chi connectivity index (χ0) is 32.9. The van der Waals surface area contributed by atoms with Crippen LogP contribution in [0.15, 0.2) is 83.1 Å². The number of nitrogens with zero attached hydrogens (tertiary/aromatic N) is 5. The largest absolute Gasteiger partial charge is 0.554 e. The third kappa shape index (κ3) is 6.39. The molecule has 2 aromatic carbocycles. The van der Waals surface area contributed by atoms with E-state index in [-0.39, 0.29) is 29.5 Å². The summed E-state index contributed by atoms with van der Waals surface area (Å²) < 4.78 is 54.1. The number of esters is 1. The van der Waals surface area contributed by atoms with Gasteiger partial charge in [0.1, 0.15) is 11.8 Å². The number of alkyl halides is 3. The van der Waals surface area contributed by atoms with E-state index in [0.29, 0.717) is 22.4 Å². The number of rotatable bonds is 6. The lowest BCUT2D eigenvalue weighted by atomic mass is 9.90. The first-order valence-corrected chi connectivity index (χ1v) is 13.0. The maximum absolute atomic E-state index is 13.6. The maximum atomic E-state index is 13.6. The van der Waals surface area contributed by atoms with Crippen LogP contribution in [0.5, 0.6) is 5.75 Å². The summed E-state index contributed by atoms with van der Waals surface area (Å²) in [7, 11) is 2.72. The van der Waals surface area contributed by atoms with Crippen LogP contribution in [0.4, 0.5) is 24.8 Å². The molecule has 0 bridgehead atoms. The molecule has 0 aliphatic carbocycles. The van der Waals surface area contributed by atoms with Crippen LogP contribution >= 0.6 is 0 Å². The summed E-state index contributed by atoms with van der Waals surface area (Å²) in [5.41, 5.74) is 0.0981. The van der Waals surface area contributed by atoms with Gasteiger partial charge in [-0.15, -0.1) is 5.10 Å². The van der Waals surface area contributed by atoms with E-state index in [1.807, 2.05) is 4.57 Å². The molecule has 1 atom stereocenters. The molecule has 12 nitrogen and oxygen atoms in total. The third-order valence-corrected chi connectivity index (χ3v) is 7.00. The molecule has 1 N–H and O–H groups in total. The van der Waals surface area contributed by atoms with E-state index in [1.165, 1.54) is 28.7 Å². The zero-order valence-electron chi connectivity index (χ0n) is 24.0. The van der Waals surface area contributed by atoms with Crippen molar-refractivity contribution in [3.8, 4) is 11.8 Å². The van der Waals surface area contributed by atoms with Crippen LogP contribution in [0, 0.1) is 11.3 Å². The fourth-order valence-corrected chi connectivity index (χ4v) is 5.04. The number of carbonyl (C=O) groups is 2. The van der Waals surface area contributed by atoms with Crippen LogP contribution in [0.3, 0.4) is 0 Å². The van der Waals surface area contributed by atoms with Crippen LogP contribution in [-0.4, -0.2) is 41.4 Å². The Bertz CT molecular complexity index is 1860. The van der Waals surface area contributed by atoms with Crippen LogP contribution in [0.25, 0.3) is 0 Å². The Morgan fingerprint density at radius 3 is 2.47 bits per heavy atom. The van der Waals surface area contributed by atoms with Gasteiger partial charge in [-0.05, 0) is 42.8 Å². The van der Waals surface area contributed by atoms with Crippen LogP contribution in [0.2, 0.25) is 0 Å². The van der Waals surface area contributed by atoms with Gasteiger partial charge in [-0.2, -0.15) is 18.4 Å². The van der Waals surface area contributed by atoms with Gasteiger partial charge in [0.15, 0.2) is 18.9 Å². The van der Waals surface area contributed by atoms with E-state index in [2.05, 4.69) is 16.3 Å². The Kier molecular flexibility index (Phi) is 9.37. The number of aromatic amines is 1. The molecule has 232 valence electrons. The third-order valence-electron chi connectivity index (χ3n) is 7.00. The first-order valence-electron chi connectivity index (χ1n) is 13.0. The highest BCUT2D eigenvalue weighted by Crippen LogP contribution is 2.43. The molecule has 0 spiro atoms. The molecule has 0 amide bonds. The van der Waals surface area contributed by atoms with Crippen LogP contribution in [-0.2, 0) is 27.0 Å². The van der Waals surface area contributed by atoms with E-state index in [0.717, 1.165) is 12.1 Å². The molecule has 0 unspecified atom stereocenters. The highest BCUT2D eigenvalue weighted by molar-refractivity contribution is 5.93. The van der Waals surface area contributed by atoms with Gasteiger partial charge in [0.2, 0.25) is 5.95 Å². The summed E-state index contributed by atoms with van der Waals surface area (Å²) in [5.74, 6) is -0.178. The van der Waals surface area contributed by atoms with Gasteiger partial charge >= 0.3 is 17.8 Å². The minimum Gasteiger partial charge on any atom is -0.554 e. The van der Waals surface area contributed by atoms with Gasteiger partial charge < -0.3 is 19.4 Å². The number of carbonyl (C=O) groups excluding carboxylic acids is 2. The number of benzene rings is 2. The second-order valence-electron chi connectivity index (χ2n) is 9.51. The number of hydrogen-bond acceptors (Lipinski definition) is 9. The molecular weight excluding hydrogens is 597 g/mol. The van der Waals surface area contributed by atoms with E-state index < -0.39 is 35.9 Å². The average molecular weight is 623 g/mol. The van der Waals surface area contributed by atoms with Crippen LogP contribution < -0.4 is 25.0 Å². The number of methoxy groups -OCH3 is 2. The van der Waals surface area contributed by atoms with Crippen molar-refractivity contribution in [2.75, 3.05) is 19.1 Å². The minimum absolute atomic E-state index is 0.0107. The number of ether oxygens (including phenoxy) is 2.